The molecule has 3 saturated carbocycles. The highest BCUT2D eigenvalue weighted by molar-refractivity contribution is 5.96. The molecule has 1 N–H and O–H groups in total. The normalized spacial score (nSPS) is 27.5. The first-order valence-electron chi connectivity index (χ1n) is 12.1. The minimum atomic E-state index is -0.340. The molecule has 3 aliphatic carbocycles. The molecule has 3 aromatic rings. The molecule has 168 valence electrons. The second-order valence-electron chi connectivity index (χ2n) is 10.2. The average molecular weight is 440 g/mol. The predicted octanol–water partition coefficient (Wildman–Crippen LogP) is 5.78. The molecule has 1 unspecified atom stereocenters. The summed E-state index contributed by atoms with van der Waals surface area (Å²) in [5.74, 6) is 0.493. The zero-order valence-corrected chi connectivity index (χ0v) is 18.8. The molecule has 1 aromatic heterocycles. The number of benzene rings is 2. The van der Waals surface area contributed by atoms with Crippen molar-refractivity contribution in [3.05, 3.63) is 72.7 Å². The van der Waals surface area contributed by atoms with Gasteiger partial charge in [-0.1, -0.05) is 48.9 Å². The van der Waals surface area contributed by atoms with Crippen LogP contribution in [0.5, 0.6) is 0 Å². The van der Waals surface area contributed by atoms with Crippen molar-refractivity contribution in [1.82, 2.24) is 9.55 Å². The number of nitrogens with zero attached hydrogens (tertiary/aromatic N) is 2. The highest BCUT2D eigenvalue weighted by Crippen LogP contribution is 2.56. The van der Waals surface area contributed by atoms with Gasteiger partial charge in [-0.25, -0.2) is 4.98 Å². The Bertz CT molecular complexity index is 1200. The number of nitrogens with one attached hydrogen (secondary N) is 1. The maximum atomic E-state index is 13.9. The van der Waals surface area contributed by atoms with Crippen molar-refractivity contribution in [2.75, 3.05) is 5.32 Å². The van der Waals surface area contributed by atoms with Crippen molar-refractivity contribution >= 4 is 17.4 Å². The zero-order valence-electron chi connectivity index (χ0n) is 18.8. The number of hydrogen-bond acceptors (Lipinski definition) is 3. The molecule has 5 heteroatoms. The van der Waals surface area contributed by atoms with Gasteiger partial charge in [-0.3, -0.25) is 9.59 Å². The summed E-state index contributed by atoms with van der Waals surface area (Å²) in [6.07, 6.45) is 10.2. The number of aromatic nitrogens is 2. The van der Waals surface area contributed by atoms with Crippen LogP contribution in [0.15, 0.2) is 67.1 Å². The number of carbonyl (C=O) groups excluding carboxylic acids is 2. The standard InChI is InChI=1S/C28H29N3O2/c32-25(17-23-21-9-4-5-10-22(21)24-18-29-19-31(23)24)27-11-6-12-28(15-13-27,16-14-27)26(33)30-20-7-2-1-3-8-20/h1-5,7-10,18-19,23H,6,11-17H2,(H,30,33). The van der Waals surface area contributed by atoms with Crippen molar-refractivity contribution in [2.45, 2.75) is 57.4 Å². The molecule has 3 fully saturated rings. The Morgan fingerprint density at radius 3 is 2.42 bits per heavy atom. The lowest BCUT2D eigenvalue weighted by Crippen LogP contribution is -2.42. The van der Waals surface area contributed by atoms with Crippen LogP contribution in [0, 0.1) is 10.8 Å². The second-order valence-corrected chi connectivity index (χ2v) is 10.2. The zero-order chi connectivity index (χ0) is 22.5. The summed E-state index contributed by atoms with van der Waals surface area (Å²) in [5, 5.41) is 3.14. The van der Waals surface area contributed by atoms with E-state index in [1.807, 2.05) is 48.9 Å². The minimum Gasteiger partial charge on any atom is -0.326 e. The molecular formula is C28H29N3O2. The highest BCUT2D eigenvalue weighted by Gasteiger charge is 2.52. The van der Waals surface area contributed by atoms with E-state index in [1.165, 1.54) is 11.1 Å². The summed E-state index contributed by atoms with van der Waals surface area (Å²) in [7, 11) is 0. The maximum Gasteiger partial charge on any atom is 0.230 e. The van der Waals surface area contributed by atoms with Crippen LogP contribution in [-0.4, -0.2) is 21.2 Å². The molecule has 33 heavy (non-hydrogen) atoms. The Morgan fingerprint density at radius 1 is 0.909 bits per heavy atom. The van der Waals surface area contributed by atoms with Crippen LogP contribution >= 0.6 is 0 Å². The van der Waals surface area contributed by atoms with Gasteiger partial charge in [-0.05, 0) is 56.2 Å². The third-order valence-electron chi connectivity index (χ3n) is 8.56. The Balaban J connectivity index is 1.20. The van der Waals surface area contributed by atoms with Crippen molar-refractivity contribution in [2.24, 2.45) is 10.8 Å². The molecule has 1 amide bonds. The van der Waals surface area contributed by atoms with Crippen LogP contribution in [0.2, 0.25) is 0 Å². The van der Waals surface area contributed by atoms with Crippen LogP contribution in [-0.2, 0) is 9.59 Å². The van der Waals surface area contributed by atoms with Crippen LogP contribution in [0.1, 0.15) is 63.0 Å². The largest absolute Gasteiger partial charge is 0.326 e. The van der Waals surface area contributed by atoms with E-state index in [-0.39, 0.29) is 22.8 Å². The Kier molecular flexibility index (Phi) is 4.75. The van der Waals surface area contributed by atoms with Gasteiger partial charge < -0.3 is 9.88 Å². The molecular weight excluding hydrogens is 410 g/mol. The molecule has 2 bridgehead atoms. The fourth-order valence-corrected chi connectivity index (χ4v) is 6.55. The number of Topliss-reactive ketones (excluding diaryl/α,β-unsaturated/α-hetero) is 1. The molecule has 2 heterocycles. The SMILES string of the molecule is O=C(CC1c2ccccc2-c2cncn21)C12CCCC(C(=O)Nc3ccccc3)(CC1)CC2. The first kappa shape index (κ1) is 20.4. The molecule has 1 atom stereocenters. The van der Waals surface area contributed by atoms with Gasteiger partial charge in [0.1, 0.15) is 5.78 Å². The summed E-state index contributed by atoms with van der Waals surface area (Å²) < 4.78 is 2.16. The van der Waals surface area contributed by atoms with Gasteiger partial charge in [0.15, 0.2) is 0 Å². The first-order chi connectivity index (χ1) is 16.1. The van der Waals surface area contributed by atoms with Gasteiger partial charge >= 0.3 is 0 Å². The third-order valence-corrected chi connectivity index (χ3v) is 8.56. The van der Waals surface area contributed by atoms with E-state index >= 15 is 0 Å². The van der Waals surface area contributed by atoms with Crippen molar-refractivity contribution in [3.63, 3.8) is 0 Å². The monoisotopic (exact) mass is 439 g/mol. The van der Waals surface area contributed by atoms with Gasteiger partial charge in [0.05, 0.1) is 24.3 Å². The number of amides is 1. The van der Waals surface area contributed by atoms with Crippen molar-refractivity contribution in [1.29, 1.82) is 0 Å². The average Bonchev–Trinajstić information content (AvgIpc) is 3.30. The molecule has 2 aromatic carbocycles. The summed E-state index contributed by atoms with van der Waals surface area (Å²) in [5.41, 5.74) is 3.73. The number of imidazole rings is 1. The number of hydrogen-bond donors (Lipinski definition) is 1. The van der Waals surface area contributed by atoms with Crippen LogP contribution in [0.4, 0.5) is 5.69 Å². The van der Waals surface area contributed by atoms with E-state index in [0.29, 0.717) is 12.2 Å². The van der Waals surface area contributed by atoms with Gasteiger partial charge in [-0.15, -0.1) is 0 Å². The van der Waals surface area contributed by atoms with E-state index in [9.17, 15) is 9.59 Å². The minimum absolute atomic E-state index is 0.0249. The van der Waals surface area contributed by atoms with Gasteiger partial charge in [-0.2, -0.15) is 0 Å². The Labute approximate surface area is 194 Å². The lowest BCUT2D eigenvalue weighted by Gasteiger charge is -2.41. The second kappa shape index (κ2) is 7.68. The molecule has 0 saturated heterocycles. The van der Waals surface area contributed by atoms with Crippen molar-refractivity contribution in [3.8, 4) is 11.3 Å². The Morgan fingerprint density at radius 2 is 1.61 bits per heavy atom. The number of ketones is 1. The molecule has 0 spiro atoms. The van der Waals surface area contributed by atoms with E-state index in [2.05, 4.69) is 33.1 Å². The van der Waals surface area contributed by atoms with Crippen molar-refractivity contribution < 1.29 is 9.59 Å². The molecule has 0 radical (unpaired) electrons. The summed E-state index contributed by atoms with van der Waals surface area (Å²) in [6.45, 7) is 0. The van der Waals surface area contributed by atoms with Gasteiger partial charge in [0, 0.05) is 28.5 Å². The van der Waals surface area contributed by atoms with Gasteiger partial charge in [0.25, 0.3) is 0 Å². The lowest BCUT2D eigenvalue weighted by molar-refractivity contribution is -0.136. The number of fused-ring (bicyclic) bond motifs is 7. The van der Waals surface area contributed by atoms with E-state index in [1.54, 1.807) is 0 Å². The fraction of sp³-hybridized carbons (Fsp3) is 0.393. The topological polar surface area (TPSA) is 64.0 Å². The van der Waals surface area contributed by atoms with Crippen LogP contribution in [0.3, 0.4) is 0 Å². The first-order valence-corrected chi connectivity index (χ1v) is 12.1. The Hall–Kier alpha value is -3.21. The number of anilines is 1. The smallest absolute Gasteiger partial charge is 0.230 e. The third kappa shape index (κ3) is 3.25. The summed E-state index contributed by atoms with van der Waals surface area (Å²) in [4.78, 5) is 31.5. The number of carbonyl (C=O) groups is 2. The number of rotatable bonds is 5. The van der Waals surface area contributed by atoms with E-state index < -0.39 is 0 Å². The fourth-order valence-electron chi connectivity index (χ4n) is 6.55. The lowest BCUT2D eigenvalue weighted by atomic mass is 9.62. The molecule has 5 nitrogen and oxygen atoms in total. The predicted molar refractivity (Wildman–Crippen MR) is 128 cm³/mol. The molecule has 7 rings (SSSR count). The van der Waals surface area contributed by atoms with E-state index in [0.717, 1.165) is 56.3 Å². The van der Waals surface area contributed by atoms with Crippen LogP contribution in [0.25, 0.3) is 11.3 Å². The maximum absolute atomic E-state index is 13.9. The quantitative estimate of drug-likeness (QED) is 0.548. The summed E-state index contributed by atoms with van der Waals surface area (Å²) in [6, 6.07) is 18.1. The summed E-state index contributed by atoms with van der Waals surface area (Å²) >= 11 is 0. The molecule has 4 aliphatic rings. The molecule has 1 aliphatic heterocycles. The van der Waals surface area contributed by atoms with Crippen LogP contribution < -0.4 is 5.32 Å². The van der Waals surface area contributed by atoms with E-state index in [4.69, 9.17) is 0 Å². The number of para-hydroxylation sites is 1. The van der Waals surface area contributed by atoms with Gasteiger partial charge in [0.2, 0.25) is 5.91 Å². The highest BCUT2D eigenvalue weighted by atomic mass is 16.2.